The first-order valence-electron chi connectivity index (χ1n) is 15.5. The molecule has 2 unspecified atom stereocenters. The van der Waals surface area contributed by atoms with Crippen LogP contribution in [0.4, 0.5) is 4.79 Å². The fraction of sp³-hybridized carbons (Fsp3) is 0.562. The number of carbonyl (C=O) groups is 2. The van der Waals surface area contributed by atoms with Gasteiger partial charge in [-0.15, -0.1) is 0 Å². The summed E-state index contributed by atoms with van der Waals surface area (Å²) in [4.78, 5) is 50.2. The van der Waals surface area contributed by atoms with Gasteiger partial charge in [-0.25, -0.2) is 14.6 Å². The molecule has 0 radical (unpaired) electrons. The van der Waals surface area contributed by atoms with Gasteiger partial charge >= 0.3 is 11.7 Å². The Morgan fingerprint density at radius 3 is 2.32 bits per heavy atom. The zero-order valence-corrected chi connectivity index (χ0v) is 25.0. The molecule has 9 nitrogen and oxygen atoms in total. The van der Waals surface area contributed by atoms with Gasteiger partial charge in [-0.3, -0.25) is 14.3 Å². The Balaban J connectivity index is 0.000000929. The molecule has 2 N–H and O–H groups in total. The van der Waals surface area contributed by atoms with Crippen LogP contribution < -0.4 is 11.0 Å². The highest BCUT2D eigenvalue weighted by atomic mass is 16.2. The van der Waals surface area contributed by atoms with E-state index in [0.29, 0.717) is 50.5 Å². The summed E-state index contributed by atoms with van der Waals surface area (Å²) in [6.45, 7) is 10.6. The molecule has 2 aliphatic heterocycles. The first-order chi connectivity index (χ1) is 20.1. The Morgan fingerprint density at radius 2 is 1.63 bits per heavy atom. The van der Waals surface area contributed by atoms with E-state index in [-0.39, 0.29) is 29.6 Å². The average Bonchev–Trinajstić information content (AvgIpc) is 3.80. The molecule has 9 heteroatoms. The van der Waals surface area contributed by atoms with Crippen molar-refractivity contribution in [2.24, 2.45) is 5.92 Å². The largest absolute Gasteiger partial charge is 0.340 e. The Labute approximate surface area is 243 Å². The van der Waals surface area contributed by atoms with Crippen molar-refractivity contribution in [3.63, 3.8) is 0 Å². The minimum atomic E-state index is -0.500. The van der Waals surface area contributed by atoms with Crippen LogP contribution in [0.15, 0.2) is 53.5 Å². The third kappa shape index (κ3) is 7.18. The number of pyridine rings is 1. The maximum Gasteiger partial charge on any atom is 0.327 e. The summed E-state index contributed by atoms with van der Waals surface area (Å²) >= 11 is 0. The van der Waals surface area contributed by atoms with Crippen molar-refractivity contribution >= 4 is 23.1 Å². The number of H-pyrrole nitrogens is 1. The van der Waals surface area contributed by atoms with Crippen molar-refractivity contribution < 1.29 is 9.59 Å². The van der Waals surface area contributed by atoms with Crippen LogP contribution in [0.2, 0.25) is 0 Å². The maximum atomic E-state index is 13.5. The van der Waals surface area contributed by atoms with Gasteiger partial charge in [0.05, 0.1) is 5.52 Å². The molecule has 2 aromatic heterocycles. The van der Waals surface area contributed by atoms with Crippen molar-refractivity contribution in [3.8, 4) is 0 Å². The van der Waals surface area contributed by atoms with E-state index in [4.69, 9.17) is 0 Å². The van der Waals surface area contributed by atoms with Crippen LogP contribution >= 0.6 is 0 Å². The van der Waals surface area contributed by atoms with E-state index in [0.717, 1.165) is 18.5 Å². The maximum absolute atomic E-state index is 13.5. The molecule has 3 aromatic rings. The van der Waals surface area contributed by atoms with Crippen LogP contribution in [0, 0.1) is 5.92 Å². The lowest BCUT2D eigenvalue weighted by atomic mass is 9.93. The third-order valence-electron chi connectivity index (χ3n) is 8.21. The van der Waals surface area contributed by atoms with Crippen molar-refractivity contribution in [2.45, 2.75) is 84.2 Å². The molecular weight excluding hydrogens is 516 g/mol. The van der Waals surface area contributed by atoms with Gasteiger partial charge in [0.15, 0.2) is 5.65 Å². The summed E-state index contributed by atoms with van der Waals surface area (Å²) in [5.74, 6) is 0.925. The molecule has 3 fully saturated rings. The molecule has 0 spiro atoms. The lowest BCUT2D eigenvalue weighted by Crippen LogP contribution is -2.53. The van der Waals surface area contributed by atoms with Crippen LogP contribution in [-0.4, -0.2) is 68.5 Å². The summed E-state index contributed by atoms with van der Waals surface area (Å²) in [6, 6.07) is 13.5. The second-order valence-electron chi connectivity index (χ2n) is 10.8. The summed E-state index contributed by atoms with van der Waals surface area (Å²) < 4.78 is 1.77. The molecule has 1 aromatic carbocycles. The summed E-state index contributed by atoms with van der Waals surface area (Å²) in [7, 11) is 0. The lowest BCUT2D eigenvalue weighted by molar-refractivity contribution is -0.133. The number of nitrogens with zero attached hydrogens (tertiary/aromatic N) is 4. The van der Waals surface area contributed by atoms with E-state index >= 15 is 0 Å². The molecule has 41 heavy (non-hydrogen) atoms. The van der Waals surface area contributed by atoms with Crippen molar-refractivity contribution in [2.75, 3.05) is 26.2 Å². The van der Waals surface area contributed by atoms with Gasteiger partial charge in [0, 0.05) is 44.3 Å². The minimum absolute atomic E-state index is 0.00896. The predicted molar refractivity (Wildman–Crippen MR) is 163 cm³/mol. The summed E-state index contributed by atoms with van der Waals surface area (Å²) in [5.41, 5.74) is 2.48. The van der Waals surface area contributed by atoms with E-state index in [1.807, 2.05) is 50.8 Å². The highest BCUT2D eigenvalue weighted by molar-refractivity contribution is 5.87. The first kappa shape index (κ1) is 30.3. The van der Waals surface area contributed by atoms with Gasteiger partial charge < -0.3 is 15.1 Å². The number of aromatic nitrogens is 3. The number of fused-ring (bicyclic) bond motifs is 1. The van der Waals surface area contributed by atoms with E-state index in [1.54, 1.807) is 15.7 Å². The highest BCUT2D eigenvalue weighted by Gasteiger charge is 2.36. The second kappa shape index (κ2) is 14.3. The number of urea groups is 1. The molecule has 3 aliphatic rings. The Morgan fingerprint density at radius 1 is 0.927 bits per heavy atom. The second-order valence-corrected chi connectivity index (χ2v) is 10.8. The van der Waals surface area contributed by atoms with Gasteiger partial charge in [0.2, 0.25) is 5.91 Å². The zero-order chi connectivity index (χ0) is 29.4. The molecule has 1 saturated carbocycles. The predicted octanol–water partition coefficient (Wildman–Crippen LogP) is 5.31. The van der Waals surface area contributed by atoms with E-state index in [1.165, 1.54) is 18.4 Å². The molecule has 2 saturated heterocycles. The monoisotopic (exact) mass is 562 g/mol. The lowest BCUT2D eigenvalue weighted by Gasteiger charge is -2.34. The summed E-state index contributed by atoms with van der Waals surface area (Å²) in [6.07, 6.45) is 6.89. The van der Waals surface area contributed by atoms with Crippen molar-refractivity contribution in [1.29, 1.82) is 0 Å². The molecule has 3 amide bonds. The number of imidazole rings is 1. The smallest absolute Gasteiger partial charge is 0.327 e. The number of likely N-dealkylation sites (tertiary alicyclic amines) is 2. The number of rotatable bonds is 5. The van der Waals surface area contributed by atoms with Crippen LogP contribution in [-0.2, 0) is 4.79 Å². The van der Waals surface area contributed by atoms with Crippen molar-refractivity contribution in [3.05, 3.63) is 64.7 Å². The minimum Gasteiger partial charge on any atom is -0.340 e. The molecule has 4 heterocycles. The molecule has 0 bridgehead atoms. The van der Waals surface area contributed by atoms with E-state index in [2.05, 4.69) is 39.6 Å². The topological polar surface area (TPSA) is 103 Å². The number of piperidine rings is 1. The van der Waals surface area contributed by atoms with Crippen LogP contribution in [0.3, 0.4) is 0 Å². The van der Waals surface area contributed by atoms with Crippen LogP contribution in [0.1, 0.15) is 83.7 Å². The fourth-order valence-corrected chi connectivity index (χ4v) is 5.96. The van der Waals surface area contributed by atoms with Gasteiger partial charge in [-0.1, -0.05) is 58.0 Å². The van der Waals surface area contributed by atoms with Gasteiger partial charge in [0.25, 0.3) is 0 Å². The number of aromatic amines is 1. The van der Waals surface area contributed by atoms with E-state index < -0.39 is 6.04 Å². The number of carbonyl (C=O) groups excluding carboxylic acids is 2. The van der Waals surface area contributed by atoms with Crippen LogP contribution in [0.25, 0.3) is 11.2 Å². The number of hydrogen-bond donors (Lipinski definition) is 2. The normalized spacial score (nSPS) is 21.3. The number of hydrogen-bond acceptors (Lipinski definition) is 4. The molecule has 1 aliphatic carbocycles. The van der Waals surface area contributed by atoms with Crippen LogP contribution in [0.5, 0.6) is 0 Å². The SMILES string of the molecule is CC.CC.O=C(NC1CCC(c2ccccc2)CN(CC2CC2)C1=O)N1CCC(n2c(=O)[nH]c3ncccc32)CC1. The van der Waals surface area contributed by atoms with Gasteiger partial charge in [-0.05, 0) is 62.1 Å². The number of amides is 3. The third-order valence-corrected chi connectivity index (χ3v) is 8.21. The first-order valence-corrected chi connectivity index (χ1v) is 15.5. The van der Waals surface area contributed by atoms with Gasteiger partial charge in [0.1, 0.15) is 6.04 Å². The molecule has 222 valence electrons. The molecule has 2 atom stereocenters. The highest BCUT2D eigenvalue weighted by Crippen LogP contribution is 2.33. The Hall–Kier alpha value is -3.62. The number of nitrogens with one attached hydrogen (secondary N) is 2. The average molecular weight is 563 g/mol. The van der Waals surface area contributed by atoms with Crippen molar-refractivity contribution in [1.82, 2.24) is 29.7 Å². The Kier molecular flexibility index (Phi) is 10.6. The zero-order valence-electron chi connectivity index (χ0n) is 25.0. The Bertz CT molecular complexity index is 1320. The quantitative estimate of drug-likeness (QED) is 0.440. The summed E-state index contributed by atoms with van der Waals surface area (Å²) in [5, 5.41) is 3.08. The fourth-order valence-electron chi connectivity index (χ4n) is 5.96. The molecular formula is C32H46N6O3. The van der Waals surface area contributed by atoms with E-state index in [9.17, 15) is 14.4 Å². The van der Waals surface area contributed by atoms with Gasteiger partial charge in [-0.2, -0.15) is 0 Å². The number of benzene rings is 1. The standard InChI is InChI=1S/C28H34N6O3.2C2H6/c35-26-23(11-10-21(20-5-2-1-3-6-20)18-33(26)17-19-8-9-19)30-27(36)32-15-12-22(13-16-32)34-24-7-4-14-29-25(24)31-28(34)37;2*1-2/h1-7,14,19,21-23H,8-13,15-18H2,(H,30,36)(H,29,31,37);2*1-2H3. The molecule has 6 rings (SSSR count).